The minimum atomic E-state index is -0.0420. The van der Waals surface area contributed by atoms with E-state index in [2.05, 4.69) is 86.6 Å². The molecular formula is C25H24N4OS. The molecule has 0 radical (unpaired) electrons. The molecule has 2 aromatic heterocycles. The number of aromatic nitrogens is 2. The molecule has 1 aliphatic heterocycles. The quantitative estimate of drug-likeness (QED) is 0.453. The summed E-state index contributed by atoms with van der Waals surface area (Å²) in [6.07, 6.45) is 3.95. The Hall–Kier alpha value is -3.22. The molecule has 6 heteroatoms. The van der Waals surface area contributed by atoms with Crippen LogP contribution in [0.2, 0.25) is 0 Å². The van der Waals surface area contributed by atoms with Gasteiger partial charge in [0.25, 0.3) is 0 Å². The van der Waals surface area contributed by atoms with E-state index in [1.54, 1.807) is 7.11 Å². The summed E-state index contributed by atoms with van der Waals surface area (Å²) in [5.74, 6) is 0. The maximum atomic E-state index is 5.73. The molecule has 3 heterocycles. The molecule has 0 amide bonds. The van der Waals surface area contributed by atoms with Crippen LogP contribution in [-0.4, -0.2) is 39.8 Å². The molecule has 5 nitrogen and oxygen atoms in total. The van der Waals surface area contributed by atoms with Crippen LogP contribution >= 0.6 is 12.2 Å². The fourth-order valence-corrected chi connectivity index (χ4v) is 4.69. The first-order chi connectivity index (χ1) is 15.3. The van der Waals surface area contributed by atoms with Crippen LogP contribution in [0.3, 0.4) is 0 Å². The van der Waals surface area contributed by atoms with E-state index in [1.165, 1.54) is 10.8 Å². The van der Waals surface area contributed by atoms with Gasteiger partial charge in [-0.15, -0.1) is 0 Å². The van der Waals surface area contributed by atoms with Crippen LogP contribution in [0.4, 0.5) is 0 Å². The average Bonchev–Trinajstić information content (AvgIpc) is 3.42. The Morgan fingerprint density at radius 2 is 1.84 bits per heavy atom. The summed E-state index contributed by atoms with van der Waals surface area (Å²) in [6.45, 7) is 1.31. The van der Waals surface area contributed by atoms with E-state index in [1.807, 2.05) is 18.3 Å². The number of fused-ring (bicyclic) bond motifs is 1. The molecule has 2 atom stereocenters. The molecule has 0 saturated carbocycles. The van der Waals surface area contributed by atoms with Crippen LogP contribution in [0.25, 0.3) is 16.5 Å². The van der Waals surface area contributed by atoms with Crippen LogP contribution in [0.15, 0.2) is 85.2 Å². The fourth-order valence-electron chi connectivity index (χ4n) is 4.35. The third kappa shape index (κ3) is 3.69. The Morgan fingerprint density at radius 3 is 2.65 bits per heavy atom. The largest absolute Gasteiger partial charge is 0.383 e. The molecule has 2 aromatic carbocycles. The molecule has 1 saturated heterocycles. The Morgan fingerprint density at radius 1 is 1.00 bits per heavy atom. The van der Waals surface area contributed by atoms with Gasteiger partial charge in [0.1, 0.15) is 0 Å². The van der Waals surface area contributed by atoms with Gasteiger partial charge in [0.2, 0.25) is 0 Å². The predicted octanol–water partition coefficient (Wildman–Crippen LogP) is 4.64. The van der Waals surface area contributed by atoms with Crippen LogP contribution in [0.1, 0.15) is 23.5 Å². The van der Waals surface area contributed by atoms with Gasteiger partial charge in [-0.25, -0.2) is 0 Å². The zero-order chi connectivity index (χ0) is 21.2. The molecule has 31 heavy (non-hydrogen) atoms. The molecule has 0 spiro atoms. The third-order valence-corrected chi connectivity index (χ3v) is 6.18. The van der Waals surface area contributed by atoms with Crippen molar-refractivity contribution in [3.8, 4) is 5.69 Å². The van der Waals surface area contributed by atoms with Gasteiger partial charge in [-0.05, 0) is 59.4 Å². The Bertz CT molecular complexity index is 1210. The summed E-state index contributed by atoms with van der Waals surface area (Å²) < 4.78 is 7.62. The van der Waals surface area contributed by atoms with Crippen molar-refractivity contribution in [2.24, 2.45) is 0 Å². The standard InChI is InChI=1S/C25H24N4OS/c1-30-16-15-29-24(23(27-25(29)31)21-9-4-5-13-26-21)22-10-6-14-28(22)20-12-11-18-7-2-3-8-19(18)17-20/h2-14,17,23-24H,15-16H2,1H3,(H,27,31)/t23-,24-/m0/s1. The second kappa shape index (κ2) is 8.49. The fraction of sp³-hybridized carbons (Fsp3) is 0.200. The molecule has 156 valence electrons. The first-order valence-electron chi connectivity index (χ1n) is 10.4. The Kier molecular flexibility index (Phi) is 5.40. The number of methoxy groups -OCH3 is 1. The van der Waals surface area contributed by atoms with Gasteiger partial charge in [0.05, 0.1) is 24.4 Å². The molecule has 0 aliphatic carbocycles. The van der Waals surface area contributed by atoms with Crippen LogP contribution in [0.5, 0.6) is 0 Å². The minimum Gasteiger partial charge on any atom is -0.383 e. The van der Waals surface area contributed by atoms with Gasteiger partial charge in [-0.1, -0.05) is 36.4 Å². The zero-order valence-electron chi connectivity index (χ0n) is 17.3. The van der Waals surface area contributed by atoms with Gasteiger partial charge in [0, 0.05) is 37.4 Å². The molecule has 1 N–H and O–H groups in total. The number of benzene rings is 2. The monoisotopic (exact) mass is 428 g/mol. The summed E-state index contributed by atoms with van der Waals surface area (Å²) in [7, 11) is 1.72. The van der Waals surface area contributed by atoms with Gasteiger partial charge in [0.15, 0.2) is 5.11 Å². The lowest BCUT2D eigenvalue weighted by molar-refractivity contribution is 0.163. The van der Waals surface area contributed by atoms with Crippen LogP contribution < -0.4 is 5.32 Å². The topological polar surface area (TPSA) is 42.3 Å². The lowest BCUT2D eigenvalue weighted by Crippen LogP contribution is -2.33. The van der Waals surface area contributed by atoms with Gasteiger partial charge >= 0.3 is 0 Å². The molecule has 1 fully saturated rings. The van der Waals surface area contributed by atoms with E-state index in [-0.39, 0.29) is 12.1 Å². The SMILES string of the molecule is COCCN1C(=S)N[C@@H](c2ccccn2)[C@@H]1c1cccn1-c1ccc2ccccc2c1. The zero-order valence-corrected chi connectivity index (χ0v) is 18.1. The summed E-state index contributed by atoms with van der Waals surface area (Å²) in [4.78, 5) is 6.84. The van der Waals surface area contributed by atoms with Crippen molar-refractivity contribution in [1.82, 2.24) is 19.8 Å². The lowest BCUT2D eigenvalue weighted by Gasteiger charge is -2.28. The van der Waals surface area contributed by atoms with E-state index in [4.69, 9.17) is 17.0 Å². The second-order valence-corrected chi connectivity index (χ2v) is 8.03. The lowest BCUT2D eigenvalue weighted by atomic mass is 10.0. The molecule has 4 aromatic rings. The highest BCUT2D eigenvalue weighted by molar-refractivity contribution is 7.80. The van der Waals surface area contributed by atoms with E-state index < -0.39 is 0 Å². The number of nitrogens with zero attached hydrogens (tertiary/aromatic N) is 3. The number of thiocarbonyl (C=S) groups is 1. The second-order valence-electron chi connectivity index (χ2n) is 7.65. The van der Waals surface area contributed by atoms with Crippen molar-refractivity contribution in [2.45, 2.75) is 12.1 Å². The van der Waals surface area contributed by atoms with Crippen molar-refractivity contribution >= 4 is 28.1 Å². The number of nitrogens with one attached hydrogen (secondary N) is 1. The van der Waals surface area contributed by atoms with Gasteiger partial charge < -0.3 is 19.5 Å². The summed E-state index contributed by atoms with van der Waals surface area (Å²) >= 11 is 5.73. The van der Waals surface area contributed by atoms with Crippen molar-refractivity contribution in [2.75, 3.05) is 20.3 Å². The van der Waals surface area contributed by atoms with Gasteiger partial charge in [-0.2, -0.15) is 0 Å². The highest BCUT2D eigenvalue weighted by Crippen LogP contribution is 2.39. The normalized spacial score (nSPS) is 18.5. The Labute approximate surface area is 187 Å². The number of rotatable bonds is 6. The first kappa shape index (κ1) is 19.7. The summed E-state index contributed by atoms with van der Waals surface area (Å²) in [5.41, 5.74) is 3.26. The minimum absolute atomic E-state index is 0.000907. The van der Waals surface area contributed by atoms with Crippen molar-refractivity contribution < 1.29 is 4.74 Å². The highest BCUT2D eigenvalue weighted by Gasteiger charge is 2.41. The molecule has 5 rings (SSSR count). The Balaban J connectivity index is 1.60. The first-order valence-corrected chi connectivity index (χ1v) is 10.8. The van der Waals surface area contributed by atoms with E-state index in [0.717, 1.165) is 22.2 Å². The van der Waals surface area contributed by atoms with Crippen LogP contribution in [0, 0.1) is 0 Å². The third-order valence-electron chi connectivity index (χ3n) is 5.83. The molecule has 1 aliphatic rings. The van der Waals surface area contributed by atoms with E-state index >= 15 is 0 Å². The van der Waals surface area contributed by atoms with E-state index in [0.29, 0.717) is 13.2 Å². The summed E-state index contributed by atoms with van der Waals surface area (Å²) in [6, 6.07) is 25.2. The maximum Gasteiger partial charge on any atom is 0.170 e. The predicted molar refractivity (Wildman–Crippen MR) is 127 cm³/mol. The number of pyridine rings is 1. The molecule has 0 bridgehead atoms. The van der Waals surface area contributed by atoms with E-state index in [9.17, 15) is 0 Å². The smallest absolute Gasteiger partial charge is 0.170 e. The summed E-state index contributed by atoms with van der Waals surface area (Å²) in [5, 5.41) is 6.68. The van der Waals surface area contributed by atoms with Crippen molar-refractivity contribution in [1.29, 1.82) is 0 Å². The van der Waals surface area contributed by atoms with Crippen molar-refractivity contribution in [3.63, 3.8) is 0 Å². The maximum absolute atomic E-state index is 5.73. The van der Waals surface area contributed by atoms with Gasteiger partial charge in [-0.3, -0.25) is 4.98 Å². The number of hydrogen-bond donors (Lipinski definition) is 1. The molecule has 0 unspecified atom stereocenters. The number of ether oxygens (including phenoxy) is 1. The van der Waals surface area contributed by atoms with Crippen LogP contribution in [-0.2, 0) is 4.74 Å². The number of hydrogen-bond acceptors (Lipinski definition) is 3. The average molecular weight is 429 g/mol. The molecular weight excluding hydrogens is 404 g/mol. The highest BCUT2D eigenvalue weighted by atomic mass is 32.1. The van der Waals surface area contributed by atoms with Crippen molar-refractivity contribution in [3.05, 3.63) is 96.6 Å².